The molecule has 3 aromatic rings. The fourth-order valence-corrected chi connectivity index (χ4v) is 9.55. The molecule has 0 aromatic carbocycles. The van der Waals surface area contributed by atoms with Crippen molar-refractivity contribution in [2.75, 3.05) is 13.1 Å². The Bertz CT molecular complexity index is 1750. The molecule has 4 fully saturated rings. The number of hydrogen-bond acceptors (Lipinski definition) is 13. The minimum atomic E-state index is -1.07. The first kappa shape index (κ1) is 36.6. The summed E-state index contributed by atoms with van der Waals surface area (Å²) in [6.07, 6.45) is 6.86. The summed E-state index contributed by atoms with van der Waals surface area (Å²) in [6, 6.07) is 2.81. The average molecular weight is 819 g/mol. The third-order valence-corrected chi connectivity index (χ3v) is 10.5. The van der Waals surface area contributed by atoms with Gasteiger partial charge in [-0.1, -0.05) is 0 Å². The zero-order chi connectivity index (χ0) is 34.5. The molecule has 3 heterocycles. The van der Waals surface area contributed by atoms with Crippen LogP contribution < -0.4 is 42.7 Å². The molecule has 4 saturated carbocycles. The molecule has 7 rings (SSSR count). The molecule has 259 valence electrons. The van der Waals surface area contributed by atoms with Crippen molar-refractivity contribution < 1.29 is 82.9 Å². The van der Waals surface area contributed by atoms with Crippen molar-refractivity contribution in [1.82, 2.24) is 5.32 Å². The summed E-state index contributed by atoms with van der Waals surface area (Å²) < 4.78 is 15.3. The van der Waals surface area contributed by atoms with E-state index in [9.17, 15) is 44.1 Å². The molecular weight excluding hydrogens is 786 g/mol. The summed E-state index contributed by atoms with van der Waals surface area (Å²) in [7, 11) is 0. The van der Waals surface area contributed by atoms with Crippen LogP contribution in [0.2, 0.25) is 0 Å². The molecule has 1 amide bonds. The van der Waals surface area contributed by atoms with Gasteiger partial charge in [-0.2, -0.15) is 0 Å². The normalized spacial score (nSPS) is 26.6. The maximum atomic E-state index is 13.2. The van der Waals surface area contributed by atoms with Crippen LogP contribution in [0.3, 0.4) is 0 Å². The smallest absolute Gasteiger partial charge is 0.867 e. The summed E-state index contributed by atoms with van der Waals surface area (Å²) in [6.45, 7) is 0.344. The maximum absolute atomic E-state index is 13.2. The summed E-state index contributed by atoms with van der Waals surface area (Å²) in [5.74, 6) is -6.93. The number of carbonyl (C=O) groups excluding carboxylic acids is 3. The van der Waals surface area contributed by atoms with Crippen molar-refractivity contribution in [3.8, 4) is 17.2 Å². The van der Waals surface area contributed by atoms with Gasteiger partial charge in [-0.05, 0) is 96.8 Å². The van der Waals surface area contributed by atoms with Crippen molar-refractivity contribution >= 4 is 17.5 Å². The van der Waals surface area contributed by atoms with Crippen LogP contribution in [0.5, 0.6) is 17.2 Å². The summed E-state index contributed by atoms with van der Waals surface area (Å²) in [4.78, 5) is 75.1. The van der Waals surface area contributed by atoms with Crippen LogP contribution >= 0.6 is 0 Å². The maximum Gasteiger partial charge on any atom is 3.00 e. The molecule has 15 heteroatoms. The minimum Gasteiger partial charge on any atom is -0.867 e. The quantitative estimate of drug-likeness (QED) is 0.244. The van der Waals surface area contributed by atoms with Crippen LogP contribution in [0.4, 0.5) is 0 Å². The summed E-state index contributed by atoms with van der Waals surface area (Å²) >= 11 is 0. The van der Waals surface area contributed by atoms with E-state index in [0.717, 1.165) is 37.0 Å². The third-order valence-electron chi connectivity index (χ3n) is 10.5. The minimum absolute atomic E-state index is 0. The first-order valence-electron chi connectivity index (χ1n) is 15.6. The Kier molecular flexibility index (Phi) is 10.1. The largest absolute Gasteiger partial charge is 3.00 e. The van der Waals surface area contributed by atoms with Crippen LogP contribution in [-0.2, 0) is 0 Å². The molecule has 1 radical (unpaired) electrons. The van der Waals surface area contributed by atoms with E-state index in [-0.39, 0.29) is 65.9 Å². The fourth-order valence-electron chi connectivity index (χ4n) is 9.55. The van der Waals surface area contributed by atoms with Gasteiger partial charge in [0.15, 0.2) is 45.1 Å². The Labute approximate surface area is 310 Å². The molecule has 3 N–H and O–H groups in total. The molecule has 2 unspecified atom stereocenters. The number of nitrogens with two attached hydrogens (primary N) is 1. The number of amides is 1. The molecule has 4 aliphatic rings. The van der Waals surface area contributed by atoms with Gasteiger partial charge in [-0.25, -0.2) is 0 Å². The average Bonchev–Trinajstić information content (AvgIpc) is 3.05. The molecule has 3 aromatic heterocycles. The Morgan fingerprint density at radius 1 is 0.633 bits per heavy atom. The van der Waals surface area contributed by atoms with E-state index in [1.54, 1.807) is 0 Å². The van der Waals surface area contributed by atoms with E-state index in [1.807, 2.05) is 0 Å². The van der Waals surface area contributed by atoms with Crippen LogP contribution in [-0.4, -0.2) is 30.6 Å². The molecule has 0 saturated heterocycles. The third kappa shape index (κ3) is 6.90. The van der Waals surface area contributed by atoms with Crippen LogP contribution in [0.1, 0.15) is 95.9 Å². The number of hydrogen-bond donors (Lipinski definition) is 2. The SMILES string of the molecule is NCC12CC3(CNC(=O)c4occc(=O)c4[O-])C[C@](CCC(=O)c4occc(=O)c4[O-])(C1)C[C@](CCC(=O)c1occc(=O)c1[O-])(C2)C3.[Gd+3]. The number of ketones is 2. The van der Waals surface area contributed by atoms with Gasteiger partial charge in [0.1, 0.15) is 0 Å². The van der Waals surface area contributed by atoms with E-state index in [4.69, 9.17) is 19.0 Å². The van der Waals surface area contributed by atoms with Crippen molar-refractivity contribution in [2.24, 2.45) is 27.4 Å². The van der Waals surface area contributed by atoms with Gasteiger partial charge in [-0.15, -0.1) is 0 Å². The number of Topliss-reactive ketones (excluding diaryl/α,β-unsaturated/α-hetero) is 2. The fraction of sp³-hybridized carbons (Fsp3) is 0.471. The first-order valence-corrected chi connectivity index (χ1v) is 15.6. The monoisotopic (exact) mass is 819 g/mol. The molecule has 4 bridgehead atoms. The predicted molar refractivity (Wildman–Crippen MR) is 159 cm³/mol. The van der Waals surface area contributed by atoms with E-state index in [0.29, 0.717) is 51.4 Å². The molecule has 4 atom stereocenters. The van der Waals surface area contributed by atoms with Crippen molar-refractivity contribution in [1.29, 1.82) is 0 Å². The Hall–Kier alpha value is -3.66. The first-order chi connectivity index (χ1) is 22.7. The van der Waals surface area contributed by atoms with Gasteiger partial charge in [0.2, 0.25) is 0 Å². The molecule has 14 nitrogen and oxygen atoms in total. The molecule has 0 spiro atoms. The van der Waals surface area contributed by atoms with E-state index >= 15 is 0 Å². The topological polar surface area (TPSA) is 249 Å². The number of rotatable bonds is 12. The number of carbonyl (C=O) groups is 3. The van der Waals surface area contributed by atoms with Gasteiger partial charge in [0.05, 0.1) is 18.8 Å². The summed E-state index contributed by atoms with van der Waals surface area (Å²) in [5.41, 5.74) is 1.71. The molecule has 49 heavy (non-hydrogen) atoms. The second-order valence-corrected chi connectivity index (χ2v) is 14.1. The standard InChI is InChI=1S/C34H36N2O12.Gd/c35-17-33-12-31(6-1-22(40)27-24(42)19(37)3-8-46-27)11-32(13-33,7-2-23(41)28-25(43)20(38)4-9-47-28)15-34(14-31,16-33)18-36-30(45)29-26(44)21(39)5-10-48-29;/h3-5,8-10,42-44H,1-2,6-7,11-18,35H2,(H,36,45);/q;+3/p-3/t31-,32+,33?,34?;. The Morgan fingerprint density at radius 3 is 1.45 bits per heavy atom. The van der Waals surface area contributed by atoms with Gasteiger partial charge in [0.25, 0.3) is 5.91 Å². The van der Waals surface area contributed by atoms with Crippen LogP contribution in [0.25, 0.3) is 0 Å². The Balaban J connectivity index is 0.00000468. The van der Waals surface area contributed by atoms with E-state index in [1.165, 1.54) is 0 Å². The zero-order valence-electron chi connectivity index (χ0n) is 26.3. The molecular formula is C34H33GdN2O12. The van der Waals surface area contributed by atoms with Crippen LogP contribution in [0.15, 0.2) is 64.6 Å². The number of nitrogens with one attached hydrogen (secondary N) is 1. The van der Waals surface area contributed by atoms with Crippen molar-refractivity contribution in [3.05, 3.63) is 84.9 Å². The second kappa shape index (κ2) is 13.6. The van der Waals surface area contributed by atoms with Crippen molar-refractivity contribution in [3.63, 3.8) is 0 Å². The Morgan fingerprint density at radius 2 is 1.00 bits per heavy atom. The van der Waals surface area contributed by atoms with Gasteiger partial charge in [0, 0.05) is 37.6 Å². The predicted octanol–water partition coefficient (Wildman–Crippen LogP) is 1.11. The zero-order valence-corrected chi connectivity index (χ0v) is 28.5. The van der Waals surface area contributed by atoms with E-state index in [2.05, 4.69) is 5.32 Å². The summed E-state index contributed by atoms with van der Waals surface area (Å²) in [5, 5.41) is 39.8. The van der Waals surface area contributed by atoms with Gasteiger partial charge < -0.3 is 39.6 Å². The molecule has 4 aliphatic carbocycles. The van der Waals surface area contributed by atoms with Gasteiger partial charge >= 0.3 is 39.9 Å². The van der Waals surface area contributed by atoms with E-state index < -0.39 is 89.9 Å². The van der Waals surface area contributed by atoms with Gasteiger partial charge in [-0.3, -0.25) is 28.8 Å². The second-order valence-electron chi connectivity index (χ2n) is 14.1. The van der Waals surface area contributed by atoms with Crippen molar-refractivity contribution in [2.45, 2.75) is 64.2 Å². The van der Waals surface area contributed by atoms with Crippen LogP contribution in [0, 0.1) is 61.6 Å². The molecule has 0 aliphatic heterocycles.